The smallest absolute Gasteiger partial charge is 0.335 e. The van der Waals surface area contributed by atoms with Gasteiger partial charge in [0.15, 0.2) is 5.78 Å². The van der Waals surface area contributed by atoms with Crippen molar-refractivity contribution in [2.75, 3.05) is 0 Å². The molecule has 1 aliphatic rings. The van der Waals surface area contributed by atoms with Crippen LogP contribution in [0.15, 0.2) is 35.7 Å². The lowest BCUT2D eigenvalue weighted by molar-refractivity contribution is -0.128. The van der Waals surface area contributed by atoms with Crippen LogP contribution in [0.1, 0.15) is 30.6 Å². The van der Waals surface area contributed by atoms with Crippen LogP contribution in [-0.2, 0) is 4.79 Å². The summed E-state index contributed by atoms with van der Waals surface area (Å²) in [5.41, 5.74) is 0.633. The lowest BCUT2D eigenvalue weighted by Gasteiger charge is -2.29. The molecule has 1 aromatic rings. The second-order valence-electron chi connectivity index (χ2n) is 4.74. The fourth-order valence-electron chi connectivity index (χ4n) is 1.85. The molecule has 0 N–H and O–H groups in total. The predicted octanol–water partition coefficient (Wildman–Crippen LogP) is 3.24. The maximum Gasteiger partial charge on any atom is 0.335 e. The van der Waals surface area contributed by atoms with Crippen LogP contribution < -0.4 is 4.74 Å². The van der Waals surface area contributed by atoms with Gasteiger partial charge >= 0.3 is 5.97 Å². The number of hydrogen-bond donors (Lipinski definition) is 0. The summed E-state index contributed by atoms with van der Waals surface area (Å²) in [4.78, 5) is 24.1. The maximum atomic E-state index is 12.0. The minimum atomic E-state index is -0.522. The van der Waals surface area contributed by atoms with Gasteiger partial charge in [0.25, 0.3) is 0 Å². The maximum absolute atomic E-state index is 12.0. The van der Waals surface area contributed by atoms with E-state index in [9.17, 15) is 9.59 Å². The van der Waals surface area contributed by atoms with Gasteiger partial charge in [-0.05, 0) is 32.0 Å². The van der Waals surface area contributed by atoms with E-state index in [4.69, 9.17) is 4.74 Å². The largest absolute Gasteiger partial charge is 0.423 e. The molecule has 0 unspecified atom stereocenters. The van der Waals surface area contributed by atoms with Crippen molar-refractivity contribution in [2.24, 2.45) is 0 Å². The first-order valence-electron chi connectivity index (χ1n) is 5.62. The van der Waals surface area contributed by atoms with Crippen LogP contribution >= 0.6 is 11.8 Å². The van der Waals surface area contributed by atoms with Crippen molar-refractivity contribution in [3.63, 3.8) is 0 Å². The van der Waals surface area contributed by atoms with E-state index in [-0.39, 0.29) is 10.5 Å². The second kappa shape index (κ2) is 4.61. The number of esters is 1. The molecule has 0 saturated heterocycles. The van der Waals surface area contributed by atoms with Crippen molar-refractivity contribution < 1.29 is 14.3 Å². The van der Waals surface area contributed by atoms with Crippen molar-refractivity contribution >= 4 is 23.5 Å². The number of fused-ring (bicyclic) bond motifs is 1. The highest BCUT2D eigenvalue weighted by molar-refractivity contribution is 8.00. The normalized spacial score (nSPS) is 16.9. The van der Waals surface area contributed by atoms with Crippen LogP contribution in [0.4, 0.5) is 0 Å². The Morgan fingerprint density at radius 2 is 2.22 bits per heavy atom. The van der Waals surface area contributed by atoms with Crippen molar-refractivity contribution in [1.82, 2.24) is 0 Å². The summed E-state index contributed by atoms with van der Waals surface area (Å²) in [6.45, 7) is 7.42. The predicted molar refractivity (Wildman–Crippen MR) is 71.2 cm³/mol. The van der Waals surface area contributed by atoms with Gasteiger partial charge in [-0.15, -0.1) is 11.8 Å². The molecular formula is C14H14O3S. The standard InChI is InChI=1S/C14H14O3S/c1-4-13(16)17-9-5-6-12-10(7-9)11(15)8-14(2,3)18-12/h4-7H,1,8H2,2-3H3. The molecule has 1 aliphatic heterocycles. The monoisotopic (exact) mass is 262 g/mol. The zero-order chi connectivity index (χ0) is 13.3. The Hall–Kier alpha value is -1.55. The van der Waals surface area contributed by atoms with Crippen LogP contribution in [0.2, 0.25) is 0 Å². The molecule has 0 spiro atoms. The Labute approximate surface area is 110 Å². The Balaban J connectivity index is 2.33. The molecule has 3 nitrogen and oxygen atoms in total. The number of Topliss-reactive ketones (excluding diaryl/α,β-unsaturated/α-hetero) is 1. The molecule has 1 aromatic carbocycles. The summed E-state index contributed by atoms with van der Waals surface area (Å²) in [6, 6.07) is 5.15. The summed E-state index contributed by atoms with van der Waals surface area (Å²) in [7, 11) is 0. The van der Waals surface area contributed by atoms with Crippen molar-refractivity contribution in [1.29, 1.82) is 0 Å². The molecule has 94 valence electrons. The van der Waals surface area contributed by atoms with Gasteiger partial charge in [-0.25, -0.2) is 4.79 Å². The zero-order valence-corrected chi connectivity index (χ0v) is 11.2. The first-order chi connectivity index (χ1) is 8.41. The van der Waals surface area contributed by atoms with Crippen LogP contribution in [0.5, 0.6) is 5.75 Å². The van der Waals surface area contributed by atoms with Crippen molar-refractivity contribution in [2.45, 2.75) is 29.9 Å². The van der Waals surface area contributed by atoms with E-state index in [1.54, 1.807) is 23.9 Å². The van der Waals surface area contributed by atoms with E-state index >= 15 is 0 Å². The molecule has 0 bridgehead atoms. The molecule has 2 rings (SSSR count). The Morgan fingerprint density at radius 3 is 2.89 bits per heavy atom. The summed E-state index contributed by atoms with van der Waals surface area (Å²) < 4.78 is 4.93. The minimum Gasteiger partial charge on any atom is -0.423 e. The van der Waals surface area contributed by atoms with Gasteiger partial charge in [0.05, 0.1) is 0 Å². The van der Waals surface area contributed by atoms with E-state index in [0.29, 0.717) is 17.7 Å². The number of benzene rings is 1. The Morgan fingerprint density at radius 1 is 1.50 bits per heavy atom. The highest BCUT2D eigenvalue weighted by atomic mass is 32.2. The van der Waals surface area contributed by atoms with Gasteiger partial charge in [0, 0.05) is 27.7 Å². The van der Waals surface area contributed by atoms with Gasteiger partial charge in [0.2, 0.25) is 0 Å². The number of thioether (sulfide) groups is 1. The van der Waals surface area contributed by atoms with E-state index in [1.165, 1.54) is 0 Å². The quantitative estimate of drug-likeness (QED) is 0.466. The van der Waals surface area contributed by atoms with Gasteiger partial charge < -0.3 is 4.74 Å². The molecule has 0 saturated carbocycles. The number of carbonyl (C=O) groups excluding carboxylic acids is 2. The summed E-state index contributed by atoms with van der Waals surface area (Å²) in [5, 5.41) is 0. The molecule has 0 aromatic heterocycles. The van der Waals surface area contributed by atoms with Gasteiger partial charge in [0.1, 0.15) is 5.75 Å². The molecule has 0 fully saturated rings. The molecule has 0 radical (unpaired) electrons. The average Bonchev–Trinajstić information content (AvgIpc) is 2.28. The van der Waals surface area contributed by atoms with Crippen LogP contribution in [0, 0.1) is 0 Å². The lowest BCUT2D eigenvalue weighted by Crippen LogP contribution is -2.25. The van der Waals surface area contributed by atoms with E-state index in [2.05, 4.69) is 6.58 Å². The van der Waals surface area contributed by atoms with Crippen molar-refractivity contribution in [3.05, 3.63) is 36.4 Å². The van der Waals surface area contributed by atoms with Gasteiger partial charge in [-0.2, -0.15) is 0 Å². The molecule has 0 atom stereocenters. The van der Waals surface area contributed by atoms with Crippen LogP contribution in [0.3, 0.4) is 0 Å². The fourth-order valence-corrected chi connectivity index (χ4v) is 3.07. The molecule has 4 heteroatoms. The molecule has 1 heterocycles. The number of carbonyl (C=O) groups is 2. The summed E-state index contributed by atoms with van der Waals surface area (Å²) in [6.07, 6.45) is 1.59. The highest BCUT2D eigenvalue weighted by Crippen LogP contribution is 2.43. The van der Waals surface area contributed by atoms with E-state index in [1.807, 2.05) is 19.9 Å². The molecule has 18 heavy (non-hydrogen) atoms. The minimum absolute atomic E-state index is 0.0800. The lowest BCUT2D eigenvalue weighted by atomic mass is 9.99. The number of rotatable bonds is 2. The molecular weight excluding hydrogens is 248 g/mol. The Bertz CT molecular complexity index is 532. The number of ether oxygens (including phenoxy) is 1. The van der Waals surface area contributed by atoms with Crippen molar-refractivity contribution in [3.8, 4) is 5.75 Å². The zero-order valence-electron chi connectivity index (χ0n) is 10.4. The van der Waals surface area contributed by atoms with Gasteiger partial charge in [-0.1, -0.05) is 6.58 Å². The highest BCUT2D eigenvalue weighted by Gasteiger charge is 2.31. The SMILES string of the molecule is C=CC(=O)Oc1ccc2c(c1)C(=O)CC(C)(C)S2. The summed E-state index contributed by atoms with van der Waals surface area (Å²) >= 11 is 1.67. The fraction of sp³-hybridized carbons (Fsp3) is 0.286. The first-order valence-corrected chi connectivity index (χ1v) is 6.43. The number of hydrogen-bond acceptors (Lipinski definition) is 4. The third-order valence-corrected chi connectivity index (χ3v) is 3.88. The first kappa shape index (κ1) is 12.9. The van der Waals surface area contributed by atoms with Crippen LogP contribution in [-0.4, -0.2) is 16.5 Å². The van der Waals surface area contributed by atoms with E-state index < -0.39 is 5.97 Å². The molecule has 0 aliphatic carbocycles. The number of ketones is 1. The van der Waals surface area contributed by atoms with Crippen LogP contribution in [0.25, 0.3) is 0 Å². The van der Waals surface area contributed by atoms with E-state index in [0.717, 1.165) is 11.0 Å². The topological polar surface area (TPSA) is 43.4 Å². The third-order valence-electron chi connectivity index (χ3n) is 2.61. The third kappa shape index (κ3) is 2.64. The van der Waals surface area contributed by atoms with Gasteiger partial charge in [-0.3, -0.25) is 4.79 Å². The Kier molecular flexibility index (Phi) is 3.30. The summed E-state index contributed by atoms with van der Waals surface area (Å²) in [5.74, 6) is -0.0521. The molecule has 0 amide bonds. The average molecular weight is 262 g/mol. The second-order valence-corrected chi connectivity index (χ2v) is 6.49.